The van der Waals surface area contributed by atoms with E-state index in [4.69, 9.17) is 0 Å². The summed E-state index contributed by atoms with van der Waals surface area (Å²) in [6.45, 7) is 5.05. The van der Waals surface area contributed by atoms with Crippen LogP contribution >= 0.6 is 0 Å². The summed E-state index contributed by atoms with van der Waals surface area (Å²) < 4.78 is 28.4. The van der Waals surface area contributed by atoms with E-state index in [0.717, 1.165) is 35.2 Å². The van der Waals surface area contributed by atoms with Crippen molar-refractivity contribution in [3.05, 3.63) is 59.2 Å². The van der Waals surface area contributed by atoms with E-state index in [9.17, 15) is 18.0 Å². The van der Waals surface area contributed by atoms with Crippen LogP contribution < -0.4 is 10.2 Å². The molecule has 0 unspecified atom stereocenters. The molecule has 1 aliphatic carbocycles. The van der Waals surface area contributed by atoms with Crippen LogP contribution in [0.1, 0.15) is 49.3 Å². The first-order chi connectivity index (χ1) is 16.7. The largest absolute Gasteiger partial charge is 0.352 e. The van der Waals surface area contributed by atoms with Gasteiger partial charge in [-0.15, -0.1) is 0 Å². The van der Waals surface area contributed by atoms with Gasteiger partial charge in [0, 0.05) is 37.3 Å². The molecule has 0 aromatic heterocycles. The topological polar surface area (TPSA) is 86.8 Å². The van der Waals surface area contributed by atoms with Gasteiger partial charge in [0.15, 0.2) is 0 Å². The van der Waals surface area contributed by atoms with Crippen LogP contribution in [0.3, 0.4) is 0 Å². The third-order valence-electron chi connectivity index (χ3n) is 7.41. The number of hydrogen-bond acceptors (Lipinski definition) is 4. The highest BCUT2D eigenvalue weighted by Gasteiger charge is 2.40. The average Bonchev–Trinajstić information content (AvgIpc) is 3.65. The van der Waals surface area contributed by atoms with E-state index >= 15 is 0 Å². The first kappa shape index (κ1) is 24.0. The highest BCUT2D eigenvalue weighted by molar-refractivity contribution is 7.89. The lowest BCUT2D eigenvalue weighted by atomic mass is 9.98. The lowest BCUT2D eigenvalue weighted by Gasteiger charge is -2.31. The fraction of sp³-hybridized carbons (Fsp3) is 0.481. The Bertz CT molecular complexity index is 1240. The van der Waals surface area contributed by atoms with E-state index in [1.54, 1.807) is 18.2 Å². The summed E-state index contributed by atoms with van der Waals surface area (Å²) in [6, 6.07) is 13.1. The number of amides is 2. The number of fused-ring (bicyclic) bond motifs is 1. The van der Waals surface area contributed by atoms with Crippen molar-refractivity contribution in [1.82, 2.24) is 9.62 Å². The molecule has 1 saturated heterocycles. The zero-order valence-corrected chi connectivity index (χ0v) is 21.2. The molecule has 1 saturated carbocycles. The maximum atomic E-state index is 13.5. The second-order valence-electron chi connectivity index (χ2n) is 10.2. The van der Waals surface area contributed by atoms with Crippen molar-refractivity contribution in [3.63, 3.8) is 0 Å². The maximum absolute atomic E-state index is 13.5. The number of aryl methyl sites for hydroxylation is 1. The molecule has 2 atom stereocenters. The van der Waals surface area contributed by atoms with Crippen LogP contribution in [0, 0.1) is 18.8 Å². The lowest BCUT2D eigenvalue weighted by Crippen LogP contribution is -2.45. The summed E-state index contributed by atoms with van der Waals surface area (Å²) in [5.41, 5.74) is 3.92. The Morgan fingerprint density at radius 1 is 1.03 bits per heavy atom. The minimum Gasteiger partial charge on any atom is -0.352 e. The normalized spacial score (nSPS) is 22.6. The third-order valence-corrected chi connectivity index (χ3v) is 9.27. The van der Waals surface area contributed by atoms with Crippen LogP contribution in [0.4, 0.5) is 5.69 Å². The van der Waals surface area contributed by atoms with Crippen molar-refractivity contribution in [2.45, 2.75) is 63.4 Å². The summed E-state index contributed by atoms with van der Waals surface area (Å²) in [5.74, 6) is -0.204. The number of rotatable bonds is 6. The summed E-state index contributed by atoms with van der Waals surface area (Å²) in [7, 11) is -3.73. The Morgan fingerprint density at radius 2 is 1.77 bits per heavy atom. The molecule has 5 rings (SSSR count). The Balaban J connectivity index is 1.27. The van der Waals surface area contributed by atoms with Gasteiger partial charge in [0.1, 0.15) is 0 Å². The van der Waals surface area contributed by atoms with E-state index in [2.05, 4.69) is 5.32 Å². The number of carbonyl (C=O) groups is 2. The summed E-state index contributed by atoms with van der Waals surface area (Å²) in [6.07, 6.45) is 3.86. The molecular formula is C27H33N3O4S. The lowest BCUT2D eigenvalue weighted by molar-refractivity contribution is -0.126. The Morgan fingerprint density at radius 3 is 2.49 bits per heavy atom. The Hall–Kier alpha value is -2.71. The third kappa shape index (κ3) is 4.86. The number of hydrogen-bond donors (Lipinski definition) is 1. The van der Waals surface area contributed by atoms with E-state index < -0.39 is 10.0 Å². The molecule has 8 heteroatoms. The summed E-state index contributed by atoms with van der Waals surface area (Å²) >= 11 is 0. The van der Waals surface area contributed by atoms with Gasteiger partial charge >= 0.3 is 0 Å². The van der Waals surface area contributed by atoms with Gasteiger partial charge in [0.25, 0.3) is 0 Å². The van der Waals surface area contributed by atoms with Crippen LogP contribution in [0.2, 0.25) is 0 Å². The molecule has 3 aliphatic rings. The van der Waals surface area contributed by atoms with E-state index in [-0.39, 0.29) is 41.1 Å². The predicted octanol–water partition coefficient (Wildman–Crippen LogP) is 3.40. The van der Waals surface area contributed by atoms with Crippen LogP contribution in [0.25, 0.3) is 0 Å². The van der Waals surface area contributed by atoms with Crippen molar-refractivity contribution in [2.75, 3.05) is 18.0 Å². The minimum atomic E-state index is -3.73. The van der Waals surface area contributed by atoms with Gasteiger partial charge in [-0.25, -0.2) is 8.42 Å². The minimum absolute atomic E-state index is 0.0349. The molecule has 0 bridgehead atoms. The highest BCUT2D eigenvalue weighted by Crippen LogP contribution is 2.40. The van der Waals surface area contributed by atoms with Crippen molar-refractivity contribution >= 4 is 27.5 Å². The second-order valence-corrected chi connectivity index (χ2v) is 12.2. The number of nitrogens with zero attached hydrogens (tertiary/aromatic N) is 2. The van der Waals surface area contributed by atoms with Crippen LogP contribution in [0.15, 0.2) is 47.4 Å². The molecule has 2 heterocycles. The zero-order valence-electron chi connectivity index (χ0n) is 20.4. The van der Waals surface area contributed by atoms with Gasteiger partial charge in [0.05, 0.1) is 10.8 Å². The molecule has 2 fully saturated rings. The standard InChI is InChI=1S/C27H33N3O4S/c1-18-5-7-20(8-6-18)16-28-26(31)22-4-3-13-29(17-22)35(33,34)24-11-12-25-23(15-24)14-19(2)30(25)27(32)21-9-10-21/h5-8,11-12,15,19,21-22H,3-4,9-10,13-14,16-17H2,1-2H3,(H,28,31)/t19-,22+/m1/s1. The molecule has 1 N–H and O–H groups in total. The highest BCUT2D eigenvalue weighted by atomic mass is 32.2. The van der Waals surface area contributed by atoms with Crippen molar-refractivity contribution in [3.8, 4) is 0 Å². The molecule has 0 spiro atoms. The maximum Gasteiger partial charge on any atom is 0.243 e. The van der Waals surface area contributed by atoms with Gasteiger partial charge in [-0.05, 0) is 75.3 Å². The van der Waals surface area contributed by atoms with Crippen LogP contribution in [-0.2, 0) is 32.6 Å². The Labute approximate surface area is 207 Å². The van der Waals surface area contributed by atoms with E-state index in [0.29, 0.717) is 32.4 Å². The first-order valence-electron chi connectivity index (χ1n) is 12.5. The number of sulfonamides is 1. The van der Waals surface area contributed by atoms with Gasteiger partial charge in [0.2, 0.25) is 21.8 Å². The van der Waals surface area contributed by atoms with Gasteiger partial charge in [-0.3, -0.25) is 9.59 Å². The fourth-order valence-electron chi connectivity index (χ4n) is 5.19. The summed E-state index contributed by atoms with van der Waals surface area (Å²) in [4.78, 5) is 27.6. The number of benzene rings is 2. The molecule has 35 heavy (non-hydrogen) atoms. The Kier molecular flexibility index (Phi) is 6.44. The quantitative estimate of drug-likeness (QED) is 0.666. The van der Waals surface area contributed by atoms with Crippen LogP contribution in [0.5, 0.6) is 0 Å². The number of carbonyl (C=O) groups excluding carboxylic acids is 2. The molecule has 7 nitrogen and oxygen atoms in total. The predicted molar refractivity (Wildman–Crippen MR) is 134 cm³/mol. The molecule has 186 valence electrons. The molecule has 2 aromatic rings. The van der Waals surface area contributed by atoms with Crippen LogP contribution in [-0.4, -0.2) is 43.7 Å². The number of piperidine rings is 1. The summed E-state index contributed by atoms with van der Waals surface area (Å²) in [5, 5.41) is 2.97. The second kappa shape index (κ2) is 9.39. The molecule has 2 amide bonds. The van der Waals surface area contributed by atoms with E-state index in [1.807, 2.05) is 43.0 Å². The molecule has 2 aliphatic heterocycles. The van der Waals surface area contributed by atoms with Gasteiger partial charge in [-0.1, -0.05) is 29.8 Å². The molecular weight excluding hydrogens is 462 g/mol. The molecule has 2 aromatic carbocycles. The number of anilines is 1. The fourth-order valence-corrected chi connectivity index (χ4v) is 6.77. The average molecular weight is 496 g/mol. The zero-order chi connectivity index (χ0) is 24.7. The van der Waals surface area contributed by atoms with Crippen molar-refractivity contribution in [1.29, 1.82) is 0 Å². The SMILES string of the molecule is Cc1ccc(CNC(=O)[C@H]2CCCN(S(=O)(=O)c3ccc4c(c3)C[C@@H](C)N4C(=O)C3CC3)C2)cc1. The van der Waals surface area contributed by atoms with Crippen molar-refractivity contribution < 1.29 is 18.0 Å². The van der Waals surface area contributed by atoms with E-state index in [1.165, 1.54) is 4.31 Å². The van der Waals surface area contributed by atoms with Gasteiger partial charge < -0.3 is 10.2 Å². The van der Waals surface area contributed by atoms with Crippen molar-refractivity contribution in [2.24, 2.45) is 11.8 Å². The first-order valence-corrected chi connectivity index (χ1v) is 14.0. The molecule has 0 radical (unpaired) electrons. The monoisotopic (exact) mass is 495 g/mol. The van der Waals surface area contributed by atoms with Gasteiger partial charge in [-0.2, -0.15) is 4.31 Å². The number of nitrogens with one attached hydrogen (secondary N) is 1. The smallest absolute Gasteiger partial charge is 0.243 e.